The summed E-state index contributed by atoms with van der Waals surface area (Å²) < 4.78 is 5.82. The van der Waals surface area contributed by atoms with Gasteiger partial charge in [0.2, 0.25) is 0 Å². The summed E-state index contributed by atoms with van der Waals surface area (Å²) in [5.74, 6) is 1.26. The van der Waals surface area contributed by atoms with Crippen LogP contribution in [0, 0.1) is 16.0 Å². The van der Waals surface area contributed by atoms with Gasteiger partial charge in [-0.05, 0) is 31.9 Å². The maximum Gasteiger partial charge on any atom is 0.270 e. The highest BCUT2D eigenvalue weighted by atomic mass is 16.6. The summed E-state index contributed by atoms with van der Waals surface area (Å²) in [6.45, 7) is 9.73. The Morgan fingerprint density at radius 1 is 1.35 bits per heavy atom. The highest BCUT2D eigenvalue weighted by Crippen LogP contribution is 2.25. The molecule has 1 N–H and O–H groups in total. The van der Waals surface area contributed by atoms with Crippen molar-refractivity contribution in [3.63, 3.8) is 0 Å². The van der Waals surface area contributed by atoms with Gasteiger partial charge in [0.25, 0.3) is 5.69 Å². The van der Waals surface area contributed by atoms with Crippen molar-refractivity contribution in [2.24, 2.45) is 5.92 Å². The third kappa shape index (κ3) is 5.17. The molecular weight excluding hydrogens is 256 g/mol. The molecule has 0 aliphatic carbocycles. The number of nitro groups is 1. The van der Waals surface area contributed by atoms with E-state index in [0.29, 0.717) is 12.5 Å². The van der Waals surface area contributed by atoms with Gasteiger partial charge in [0.05, 0.1) is 11.0 Å². The summed E-state index contributed by atoms with van der Waals surface area (Å²) in [5.41, 5.74) is 0.933. The second-order valence-electron chi connectivity index (χ2n) is 5.41. The van der Waals surface area contributed by atoms with Crippen molar-refractivity contribution < 1.29 is 9.66 Å². The topological polar surface area (TPSA) is 64.4 Å². The predicted octanol–water partition coefficient (Wildman–Crippen LogP) is 3.52. The van der Waals surface area contributed by atoms with Crippen molar-refractivity contribution in [2.75, 3.05) is 6.54 Å². The maximum absolute atomic E-state index is 10.9. The lowest BCUT2D eigenvalue weighted by molar-refractivity contribution is -0.384. The summed E-state index contributed by atoms with van der Waals surface area (Å²) in [6.07, 6.45) is 0.996. The quantitative estimate of drug-likeness (QED) is 0.584. The zero-order valence-corrected chi connectivity index (χ0v) is 12.7. The molecule has 0 aromatic heterocycles. The molecule has 112 valence electrons. The van der Waals surface area contributed by atoms with Crippen molar-refractivity contribution >= 4 is 5.69 Å². The molecule has 0 heterocycles. The molecule has 1 aromatic carbocycles. The van der Waals surface area contributed by atoms with E-state index in [2.05, 4.69) is 19.2 Å². The van der Waals surface area contributed by atoms with Crippen LogP contribution in [0.4, 0.5) is 5.69 Å². The van der Waals surface area contributed by atoms with Crippen molar-refractivity contribution in [1.29, 1.82) is 0 Å². The third-order valence-corrected chi connectivity index (χ3v) is 3.03. The van der Waals surface area contributed by atoms with E-state index in [4.69, 9.17) is 4.74 Å². The zero-order chi connectivity index (χ0) is 15.1. The molecular formula is C15H24N2O3. The van der Waals surface area contributed by atoms with Crippen molar-refractivity contribution in [3.8, 4) is 5.75 Å². The van der Waals surface area contributed by atoms with Crippen molar-refractivity contribution in [3.05, 3.63) is 33.9 Å². The number of nitro benzene ring substituents is 1. The van der Waals surface area contributed by atoms with Gasteiger partial charge in [0.15, 0.2) is 0 Å². The van der Waals surface area contributed by atoms with Crippen LogP contribution in [-0.2, 0) is 6.54 Å². The fourth-order valence-electron chi connectivity index (χ4n) is 1.73. The van der Waals surface area contributed by atoms with E-state index in [0.717, 1.165) is 24.3 Å². The van der Waals surface area contributed by atoms with Crippen LogP contribution in [0.15, 0.2) is 18.2 Å². The van der Waals surface area contributed by atoms with Crippen LogP contribution in [-0.4, -0.2) is 17.6 Å². The molecule has 0 aliphatic heterocycles. The van der Waals surface area contributed by atoms with E-state index in [1.54, 1.807) is 12.1 Å². The Kier molecular flexibility index (Phi) is 6.45. The average molecular weight is 280 g/mol. The Bertz CT molecular complexity index is 447. The van der Waals surface area contributed by atoms with Gasteiger partial charge in [-0.15, -0.1) is 0 Å². The molecule has 0 fully saturated rings. The molecule has 0 aliphatic rings. The second-order valence-corrected chi connectivity index (χ2v) is 5.41. The summed E-state index contributed by atoms with van der Waals surface area (Å²) in [4.78, 5) is 10.5. The van der Waals surface area contributed by atoms with Crippen LogP contribution in [0.2, 0.25) is 0 Å². The SMILES string of the molecule is CCC(C)Oc1ccc([N+](=O)[O-])cc1CNCC(C)C. The van der Waals surface area contributed by atoms with Gasteiger partial charge in [-0.1, -0.05) is 20.8 Å². The minimum atomic E-state index is -0.376. The van der Waals surface area contributed by atoms with Crippen LogP contribution < -0.4 is 10.1 Å². The standard InChI is InChI=1S/C15H24N2O3/c1-5-12(4)20-15-7-6-14(17(18)19)8-13(15)10-16-9-11(2)3/h6-8,11-12,16H,5,9-10H2,1-4H3. The number of nitrogens with one attached hydrogen (secondary N) is 1. The smallest absolute Gasteiger partial charge is 0.270 e. The van der Waals surface area contributed by atoms with Crippen molar-refractivity contribution in [2.45, 2.75) is 46.8 Å². The molecule has 5 heteroatoms. The van der Waals surface area contributed by atoms with Crippen molar-refractivity contribution in [1.82, 2.24) is 5.32 Å². The molecule has 0 radical (unpaired) electrons. The Balaban J connectivity index is 2.88. The summed E-state index contributed by atoms with van der Waals surface area (Å²) in [5, 5.41) is 14.2. The third-order valence-electron chi connectivity index (χ3n) is 3.03. The van der Waals surface area contributed by atoms with E-state index in [9.17, 15) is 10.1 Å². The Morgan fingerprint density at radius 3 is 2.60 bits per heavy atom. The second kappa shape index (κ2) is 7.85. The summed E-state index contributed by atoms with van der Waals surface area (Å²) >= 11 is 0. The Hall–Kier alpha value is -1.62. The Labute approximate surface area is 120 Å². The van der Waals surface area contributed by atoms with Crippen LogP contribution in [0.1, 0.15) is 39.7 Å². The first kappa shape index (κ1) is 16.4. The maximum atomic E-state index is 10.9. The van der Waals surface area contributed by atoms with Gasteiger partial charge < -0.3 is 10.1 Å². The molecule has 20 heavy (non-hydrogen) atoms. The highest BCUT2D eigenvalue weighted by Gasteiger charge is 2.13. The molecule has 1 atom stereocenters. The minimum Gasteiger partial charge on any atom is -0.490 e. The fourth-order valence-corrected chi connectivity index (χ4v) is 1.73. The number of rotatable bonds is 8. The van der Waals surface area contributed by atoms with E-state index in [1.807, 2.05) is 13.8 Å². The minimum absolute atomic E-state index is 0.0975. The van der Waals surface area contributed by atoms with Crippen LogP contribution in [0.5, 0.6) is 5.75 Å². The first-order chi connectivity index (χ1) is 9.43. The van der Waals surface area contributed by atoms with Gasteiger partial charge in [0, 0.05) is 24.2 Å². The first-order valence-corrected chi connectivity index (χ1v) is 7.08. The van der Waals surface area contributed by atoms with E-state index in [1.165, 1.54) is 6.07 Å². The lowest BCUT2D eigenvalue weighted by Crippen LogP contribution is -2.20. The van der Waals surface area contributed by atoms with E-state index >= 15 is 0 Å². The van der Waals surface area contributed by atoms with Gasteiger partial charge in [-0.2, -0.15) is 0 Å². The molecule has 1 unspecified atom stereocenters. The molecule has 0 spiro atoms. The average Bonchev–Trinajstić information content (AvgIpc) is 2.39. The summed E-state index contributed by atoms with van der Waals surface area (Å²) in [6, 6.07) is 4.77. The number of hydrogen-bond acceptors (Lipinski definition) is 4. The predicted molar refractivity (Wildman–Crippen MR) is 80.0 cm³/mol. The number of non-ortho nitro benzene ring substituents is 1. The summed E-state index contributed by atoms with van der Waals surface area (Å²) in [7, 11) is 0. The van der Waals surface area contributed by atoms with Crippen LogP contribution in [0.3, 0.4) is 0 Å². The molecule has 0 amide bonds. The normalized spacial score (nSPS) is 12.4. The van der Waals surface area contributed by atoms with Gasteiger partial charge >= 0.3 is 0 Å². The van der Waals surface area contributed by atoms with E-state index < -0.39 is 0 Å². The van der Waals surface area contributed by atoms with Gasteiger partial charge in [-0.25, -0.2) is 0 Å². The van der Waals surface area contributed by atoms with Gasteiger partial charge in [0.1, 0.15) is 5.75 Å². The number of nitrogens with zero attached hydrogens (tertiary/aromatic N) is 1. The number of ether oxygens (including phenoxy) is 1. The molecule has 1 aromatic rings. The number of hydrogen-bond donors (Lipinski definition) is 1. The largest absolute Gasteiger partial charge is 0.490 e. The zero-order valence-electron chi connectivity index (χ0n) is 12.7. The lowest BCUT2D eigenvalue weighted by atomic mass is 10.1. The van der Waals surface area contributed by atoms with Crippen LogP contribution >= 0.6 is 0 Å². The van der Waals surface area contributed by atoms with Crippen LogP contribution in [0.25, 0.3) is 0 Å². The monoisotopic (exact) mass is 280 g/mol. The molecule has 0 saturated heterocycles. The number of benzene rings is 1. The Morgan fingerprint density at radius 2 is 2.05 bits per heavy atom. The highest BCUT2D eigenvalue weighted by molar-refractivity contribution is 5.43. The molecule has 5 nitrogen and oxygen atoms in total. The molecule has 0 saturated carbocycles. The molecule has 0 bridgehead atoms. The molecule has 1 rings (SSSR count). The lowest BCUT2D eigenvalue weighted by Gasteiger charge is -2.17. The first-order valence-electron chi connectivity index (χ1n) is 7.08. The van der Waals surface area contributed by atoms with E-state index in [-0.39, 0.29) is 16.7 Å². The van der Waals surface area contributed by atoms with Gasteiger partial charge in [-0.3, -0.25) is 10.1 Å². The fraction of sp³-hybridized carbons (Fsp3) is 0.600.